The Hall–Kier alpha value is -1.84. The van der Waals surface area contributed by atoms with Gasteiger partial charge in [-0.2, -0.15) is 0 Å². The second-order valence-electron chi connectivity index (χ2n) is 9.13. The van der Waals surface area contributed by atoms with Gasteiger partial charge in [-0.25, -0.2) is 0 Å². The number of hydrogen-bond donors (Lipinski definition) is 0. The Morgan fingerprint density at radius 1 is 0.815 bits per heavy atom. The van der Waals surface area contributed by atoms with Crippen LogP contribution in [0.2, 0.25) is 0 Å². The highest BCUT2D eigenvalue weighted by Crippen LogP contribution is 2.25. The predicted molar refractivity (Wildman–Crippen MR) is 109 cm³/mol. The lowest BCUT2D eigenvalue weighted by Crippen LogP contribution is -2.44. The van der Waals surface area contributed by atoms with E-state index < -0.39 is 0 Å². The Balaban J connectivity index is 1.55. The molecule has 1 aromatic rings. The molecular formula is C23H34N2O2. The number of rotatable bonds is 2. The van der Waals surface area contributed by atoms with Gasteiger partial charge in [0.15, 0.2) is 0 Å². The Labute approximate surface area is 163 Å². The molecule has 0 unspecified atom stereocenters. The van der Waals surface area contributed by atoms with Crippen LogP contribution in [0.1, 0.15) is 75.2 Å². The van der Waals surface area contributed by atoms with Crippen LogP contribution in [0.4, 0.5) is 0 Å². The molecule has 0 aromatic heterocycles. The maximum Gasteiger partial charge on any atom is 0.253 e. The molecule has 0 N–H and O–H groups in total. The maximum absolute atomic E-state index is 12.8. The smallest absolute Gasteiger partial charge is 0.253 e. The van der Waals surface area contributed by atoms with E-state index in [2.05, 4.69) is 37.8 Å². The van der Waals surface area contributed by atoms with Crippen LogP contribution in [0, 0.1) is 5.92 Å². The van der Waals surface area contributed by atoms with Gasteiger partial charge in [0.1, 0.15) is 0 Å². The summed E-state index contributed by atoms with van der Waals surface area (Å²) >= 11 is 0. The van der Waals surface area contributed by atoms with Crippen LogP contribution < -0.4 is 0 Å². The summed E-state index contributed by atoms with van der Waals surface area (Å²) in [6.07, 6.45) is 6.33. The Morgan fingerprint density at radius 2 is 1.37 bits per heavy atom. The highest BCUT2D eigenvalue weighted by molar-refractivity contribution is 5.94. The van der Waals surface area contributed by atoms with Crippen molar-refractivity contribution in [2.75, 3.05) is 26.2 Å². The fourth-order valence-electron chi connectivity index (χ4n) is 4.17. The van der Waals surface area contributed by atoms with Gasteiger partial charge in [0.25, 0.3) is 5.91 Å². The zero-order chi connectivity index (χ0) is 19.4. The minimum Gasteiger partial charge on any atom is -0.342 e. The Morgan fingerprint density at radius 3 is 1.89 bits per heavy atom. The van der Waals surface area contributed by atoms with Crippen LogP contribution in [-0.4, -0.2) is 47.8 Å². The quantitative estimate of drug-likeness (QED) is 0.781. The molecule has 2 heterocycles. The van der Waals surface area contributed by atoms with Crippen molar-refractivity contribution in [3.05, 3.63) is 35.4 Å². The van der Waals surface area contributed by atoms with Crippen molar-refractivity contribution in [1.29, 1.82) is 0 Å². The summed E-state index contributed by atoms with van der Waals surface area (Å²) < 4.78 is 0. The highest BCUT2D eigenvalue weighted by atomic mass is 16.2. The molecule has 0 spiro atoms. The van der Waals surface area contributed by atoms with E-state index in [-0.39, 0.29) is 17.2 Å². The second-order valence-corrected chi connectivity index (χ2v) is 9.13. The summed E-state index contributed by atoms with van der Waals surface area (Å²) in [5.74, 6) is 0.505. The molecule has 0 atom stereocenters. The van der Waals surface area contributed by atoms with E-state index in [0.29, 0.717) is 19.0 Å². The number of likely N-dealkylation sites (tertiary alicyclic amines) is 2. The highest BCUT2D eigenvalue weighted by Gasteiger charge is 2.30. The van der Waals surface area contributed by atoms with E-state index in [4.69, 9.17) is 0 Å². The topological polar surface area (TPSA) is 40.6 Å². The summed E-state index contributed by atoms with van der Waals surface area (Å²) in [6.45, 7) is 9.73. The third kappa shape index (κ3) is 4.91. The van der Waals surface area contributed by atoms with Crippen LogP contribution in [0.25, 0.3) is 0 Å². The molecule has 4 heteroatoms. The SMILES string of the molecule is CC(C)(C)c1ccc(C(=O)N2CCC(C(=O)N3CCCCCC3)CC2)cc1. The summed E-state index contributed by atoms with van der Waals surface area (Å²) in [5.41, 5.74) is 2.08. The van der Waals surface area contributed by atoms with Crippen molar-refractivity contribution in [3.63, 3.8) is 0 Å². The first-order valence-electron chi connectivity index (χ1n) is 10.5. The molecule has 3 rings (SSSR count). The Kier molecular flexibility index (Phi) is 6.23. The van der Waals surface area contributed by atoms with E-state index in [1.54, 1.807) is 0 Å². The number of amides is 2. The average Bonchev–Trinajstić information content (AvgIpc) is 2.96. The van der Waals surface area contributed by atoms with Crippen molar-refractivity contribution in [2.24, 2.45) is 5.92 Å². The van der Waals surface area contributed by atoms with Gasteiger partial charge in [0.05, 0.1) is 0 Å². The Bertz CT molecular complexity index is 644. The minimum absolute atomic E-state index is 0.0909. The van der Waals surface area contributed by atoms with Gasteiger partial charge in [-0.05, 0) is 48.8 Å². The van der Waals surface area contributed by atoms with E-state index in [1.807, 2.05) is 17.0 Å². The minimum atomic E-state index is 0.0909. The average molecular weight is 371 g/mol. The zero-order valence-corrected chi connectivity index (χ0v) is 17.2. The van der Waals surface area contributed by atoms with Gasteiger partial charge < -0.3 is 9.80 Å². The molecule has 148 valence electrons. The molecule has 0 aliphatic carbocycles. The van der Waals surface area contributed by atoms with Gasteiger partial charge in [-0.15, -0.1) is 0 Å². The van der Waals surface area contributed by atoms with Crippen molar-refractivity contribution >= 4 is 11.8 Å². The third-order valence-electron chi connectivity index (χ3n) is 6.05. The molecule has 2 aliphatic heterocycles. The van der Waals surface area contributed by atoms with Crippen LogP contribution >= 0.6 is 0 Å². The van der Waals surface area contributed by atoms with Crippen LogP contribution in [0.15, 0.2) is 24.3 Å². The first-order valence-corrected chi connectivity index (χ1v) is 10.5. The molecule has 0 saturated carbocycles. The lowest BCUT2D eigenvalue weighted by molar-refractivity contribution is -0.136. The summed E-state index contributed by atoms with van der Waals surface area (Å²) in [4.78, 5) is 29.6. The first-order chi connectivity index (χ1) is 12.9. The van der Waals surface area contributed by atoms with Gasteiger partial charge in [-0.1, -0.05) is 45.7 Å². The standard InChI is InChI=1S/C23H34N2O2/c1-23(2,3)20-10-8-18(9-11-20)21(26)25-16-12-19(13-17-25)22(27)24-14-6-4-5-7-15-24/h8-11,19H,4-7,12-17H2,1-3H3. The van der Waals surface area contributed by atoms with Gasteiger partial charge in [0.2, 0.25) is 5.91 Å². The predicted octanol–water partition coefficient (Wildman–Crippen LogP) is 4.24. The fraction of sp³-hybridized carbons (Fsp3) is 0.652. The molecule has 4 nitrogen and oxygen atoms in total. The van der Waals surface area contributed by atoms with Gasteiger partial charge in [-0.3, -0.25) is 9.59 Å². The lowest BCUT2D eigenvalue weighted by atomic mass is 9.86. The van der Waals surface area contributed by atoms with Crippen molar-refractivity contribution in [1.82, 2.24) is 9.80 Å². The molecule has 2 fully saturated rings. The number of benzene rings is 1. The van der Waals surface area contributed by atoms with E-state index in [1.165, 1.54) is 18.4 Å². The van der Waals surface area contributed by atoms with E-state index in [9.17, 15) is 9.59 Å². The monoisotopic (exact) mass is 370 g/mol. The number of hydrogen-bond acceptors (Lipinski definition) is 2. The van der Waals surface area contributed by atoms with Gasteiger partial charge >= 0.3 is 0 Å². The van der Waals surface area contributed by atoms with Crippen LogP contribution in [0.3, 0.4) is 0 Å². The molecule has 27 heavy (non-hydrogen) atoms. The van der Waals surface area contributed by atoms with Crippen molar-refractivity contribution < 1.29 is 9.59 Å². The normalized spacial score (nSPS) is 19.7. The third-order valence-corrected chi connectivity index (χ3v) is 6.05. The first kappa shape index (κ1) is 19.9. The van der Waals surface area contributed by atoms with Crippen LogP contribution in [-0.2, 0) is 10.2 Å². The van der Waals surface area contributed by atoms with Gasteiger partial charge in [0, 0.05) is 37.7 Å². The maximum atomic E-state index is 12.8. The summed E-state index contributed by atoms with van der Waals surface area (Å²) in [7, 11) is 0. The largest absolute Gasteiger partial charge is 0.342 e. The number of carbonyl (C=O) groups excluding carboxylic acids is 2. The second kappa shape index (κ2) is 8.45. The molecular weight excluding hydrogens is 336 g/mol. The fourth-order valence-corrected chi connectivity index (χ4v) is 4.17. The zero-order valence-electron chi connectivity index (χ0n) is 17.2. The molecule has 1 aromatic carbocycles. The molecule has 0 bridgehead atoms. The van der Waals surface area contributed by atoms with E-state index in [0.717, 1.165) is 44.3 Å². The molecule has 2 amide bonds. The summed E-state index contributed by atoms with van der Waals surface area (Å²) in [6, 6.07) is 8.00. The summed E-state index contributed by atoms with van der Waals surface area (Å²) in [5, 5.41) is 0. The van der Waals surface area contributed by atoms with Crippen molar-refractivity contribution in [3.8, 4) is 0 Å². The van der Waals surface area contributed by atoms with Crippen molar-refractivity contribution in [2.45, 2.75) is 64.7 Å². The lowest BCUT2D eigenvalue weighted by Gasteiger charge is -2.34. The number of carbonyl (C=O) groups is 2. The number of piperidine rings is 1. The number of nitrogens with zero attached hydrogens (tertiary/aromatic N) is 2. The molecule has 2 saturated heterocycles. The van der Waals surface area contributed by atoms with Crippen LogP contribution in [0.5, 0.6) is 0 Å². The van der Waals surface area contributed by atoms with E-state index >= 15 is 0 Å². The molecule has 0 radical (unpaired) electrons. The molecule has 2 aliphatic rings.